The number of fused-ring (bicyclic) bond motifs is 1. The number of amides is 1. The van der Waals surface area contributed by atoms with Crippen LogP contribution in [0.5, 0.6) is 0 Å². The Balaban J connectivity index is 1.94. The van der Waals surface area contributed by atoms with Gasteiger partial charge in [0.15, 0.2) is 11.2 Å². The van der Waals surface area contributed by atoms with Gasteiger partial charge in [0.05, 0.1) is 12.9 Å². The second-order valence-corrected chi connectivity index (χ2v) is 7.18. The van der Waals surface area contributed by atoms with E-state index in [9.17, 15) is 14.4 Å². The highest BCUT2D eigenvalue weighted by molar-refractivity contribution is 5.76. The molecule has 1 aliphatic rings. The third-order valence-corrected chi connectivity index (χ3v) is 5.42. The number of rotatable bonds is 5. The molecule has 8 heteroatoms. The zero-order valence-corrected chi connectivity index (χ0v) is 15.8. The summed E-state index contributed by atoms with van der Waals surface area (Å²) in [5.74, 6) is -0.392. The fraction of sp³-hybridized carbons (Fsp3) is 0.400. The lowest BCUT2D eigenvalue weighted by molar-refractivity contribution is -0.121. The first-order valence-electron chi connectivity index (χ1n) is 9.55. The van der Waals surface area contributed by atoms with Crippen molar-refractivity contribution in [2.24, 2.45) is 0 Å². The van der Waals surface area contributed by atoms with Crippen molar-refractivity contribution in [2.75, 3.05) is 7.05 Å². The summed E-state index contributed by atoms with van der Waals surface area (Å²) < 4.78 is 4.39. The number of carbonyl (C=O) groups is 1. The van der Waals surface area contributed by atoms with Crippen molar-refractivity contribution in [1.82, 2.24) is 24.0 Å². The Morgan fingerprint density at radius 3 is 2.54 bits per heavy atom. The first kappa shape index (κ1) is 18.2. The van der Waals surface area contributed by atoms with Crippen molar-refractivity contribution >= 4 is 17.1 Å². The van der Waals surface area contributed by atoms with Gasteiger partial charge in [0.1, 0.15) is 6.54 Å². The molecule has 1 amide bonds. The molecule has 1 N–H and O–H groups in total. The Bertz CT molecular complexity index is 1120. The average Bonchev–Trinajstić information content (AvgIpc) is 3.38. The topological polar surface area (TPSA) is 90.9 Å². The van der Waals surface area contributed by atoms with Gasteiger partial charge < -0.3 is 9.88 Å². The van der Waals surface area contributed by atoms with Gasteiger partial charge in [-0.2, -0.15) is 0 Å². The number of hydrogen-bond acceptors (Lipinski definition) is 4. The van der Waals surface area contributed by atoms with Crippen LogP contribution in [0.4, 0.5) is 0 Å². The fourth-order valence-corrected chi connectivity index (χ4v) is 3.94. The van der Waals surface area contributed by atoms with E-state index in [0.717, 1.165) is 35.8 Å². The third-order valence-electron chi connectivity index (χ3n) is 5.42. The molecule has 0 saturated heterocycles. The predicted molar refractivity (Wildman–Crippen MR) is 105 cm³/mol. The van der Waals surface area contributed by atoms with Gasteiger partial charge in [0.2, 0.25) is 5.91 Å². The Hall–Kier alpha value is -3.16. The first-order valence-corrected chi connectivity index (χ1v) is 9.55. The molecule has 0 radical (unpaired) electrons. The molecule has 2 heterocycles. The second kappa shape index (κ2) is 7.46. The molecule has 0 aliphatic heterocycles. The van der Waals surface area contributed by atoms with Crippen LogP contribution in [0.1, 0.15) is 37.3 Å². The Morgan fingerprint density at radius 2 is 1.86 bits per heavy atom. The van der Waals surface area contributed by atoms with E-state index >= 15 is 0 Å². The number of aromatic nitrogens is 4. The van der Waals surface area contributed by atoms with Crippen molar-refractivity contribution in [3.8, 4) is 0 Å². The monoisotopic (exact) mass is 381 g/mol. The van der Waals surface area contributed by atoms with Gasteiger partial charge in [-0.25, -0.2) is 14.3 Å². The van der Waals surface area contributed by atoms with Crippen molar-refractivity contribution in [1.29, 1.82) is 0 Å². The maximum absolute atomic E-state index is 13.2. The SMILES string of the molecule is CNC(=O)Cn1c(=O)c2c(ncn2C2CCCC2)n(Cc2ccccc2)c1=O. The van der Waals surface area contributed by atoms with Crippen molar-refractivity contribution in [3.05, 3.63) is 63.1 Å². The van der Waals surface area contributed by atoms with Gasteiger partial charge in [-0.3, -0.25) is 14.2 Å². The Labute approximate surface area is 161 Å². The highest BCUT2D eigenvalue weighted by atomic mass is 16.2. The van der Waals surface area contributed by atoms with Gasteiger partial charge in [-0.15, -0.1) is 0 Å². The molecule has 0 bridgehead atoms. The van der Waals surface area contributed by atoms with Crippen LogP contribution in [0.15, 0.2) is 46.2 Å². The molecule has 3 aromatic rings. The summed E-state index contributed by atoms with van der Waals surface area (Å²) in [4.78, 5) is 42.6. The van der Waals surface area contributed by atoms with E-state index in [4.69, 9.17) is 0 Å². The molecular weight excluding hydrogens is 358 g/mol. The smallest absolute Gasteiger partial charge is 0.333 e. The molecule has 0 unspecified atom stereocenters. The van der Waals surface area contributed by atoms with Gasteiger partial charge in [0, 0.05) is 13.1 Å². The zero-order chi connectivity index (χ0) is 19.7. The van der Waals surface area contributed by atoms with E-state index in [1.807, 2.05) is 34.9 Å². The maximum atomic E-state index is 13.2. The summed E-state index contributed by atoms with van der Waals surface area (Å²) in [5.41, 5.74) is 0.704. The van der Waals surface area contributed by atoms with Crippen LogP contribution in [0, 0.1) is 0 Å². The minimum Gasteiger partial charge on any atom is -0.358 e. The Morgan fingerprint density at radius 1 is 1.14 bits per heavy atom. The zero-order valence-electron chi connectivity index (χ0n) is 15.8. The molecule has 4 rings (SSSR count). The molecule has 28 heavy (non-hydrogen) atoms. The normalized spacial score (nSPS) is 14.6. The number of carbonyl (C=O) groups excluding carboxylic acids is 1. The van der Waals surface area contributed by atoms with Gasteiger partial charge in [0.25, 0.3) is 5.56 Å². The highest BCUT2D eigenvalue weighted by Crippen LogP contribution is 2.31. The largest absolute Gasteiger partial charge is 0.358 e. The highest BCUT2D eigenvalue weighted by Gasteiger charge is 2.24. The molecule has 1 aromatic carbocycles. The number of hydrogen-bond donors (Lipinski definition) is 1. The first-order chi connectivity index (χ1) is 13.6. The molecule has 1 aliphatic carbocycles. The number of imidazole rings is 1. The number of likely N-dealkylation sites (N-methyl/N-ethyl adjacent to an activating group) is 1. The summed E-state index contributed by atoms with van der Waals surface area (Å²) in [6.07, 6.45) is 5.85. The second-order valence-electron chi connectivity index (χ2n) is 7.18. The predicted octanol–water partition coefficient (Wildman–Crippen LogP) is 1.27. The van der Waals surface area contributed by atoms with Crippen molar-refractivity contribution < 1.29 is 4.79 Å². The minimum absolute atomic E-state index is 0.203. The fourth-order valence-electron chi connectivity index (χ4n) is 3.94. The lowest BCUT2D eigenvalue weighted by Crippen LogP contribution is -2.44. The molecular formula is C20H23N5O3. The molecule has 146 valence electrons. The summed E-state index contributed by atoms with van der Waals surface area (Å²) in [5, 5.41) is 2.48. The summed E-state index contributed by atoms with van der Waals surface area (Å²) >= 11 is 0. The van der Waals surface area contributed by atoms with E-state index < -0.39 is 17.2 Å². The lowest BCUT2D eigenvalue weighted by atomic mass is 10.2. The van der Waals surface area contributed by atoms with E-state index in [-0.39, 0.29) is 19.1 Å². The number of benzene rings is 1. The van der Waals surface area contributed by atoms with Crippen LogP contribution < -0.4 is 16.6 Å². The van der Waals surface area contributed by atoms with Crippen LogP contribution in [0.3, 0.4) is 0 Å². The third kappa shape index (κ3) is 3.15. The number of nitrogens with one attached hydrogen (secondary N) is 1. The Kier molecular flexibility index (Phi) is 4.85. The van der Waals surface area contributed by atoms with Gasteiger partial charge in [-0.1, -0.05) is 43.2 Å². The quantitative estimate of drug-likeness (QED) is 0.721. The van der Waals surface area contributed by atoms with Gasteiger partial charge >= 0.3 is 5.69 Å². The molecule has 0 atom stereocenters. The van der Waals surface area contributed by atoms with E-state index in [1.54, 1.807) is 6.33 Å². The van der Waals surface area contributed by atoms with E-state index in [0.29, 0.717) is 11.2 Å². The van der Waals surface area contributed by atoms with Crippen LogP contribution in [0.25, 0.3) is 11.2 Å². The molecule has 1 fully saturated rings. The maximum Gasteiger partial charge on any atom is 0.333 e. The molecule has 0 spiro atoms. The van der Waals surface area contributed by atoms with Crippen molar-refractivity contribution in [3.63, 3.8) is 0 Å². The molecule has 2 aromatic heterocycles. The summed E-state index contributed by atoms with van der Waals surface area (Å²) in [6.45, 7) is -0.0272. The summed E-state index contributed by atoms with van der Waals surface area (Å²) in [6, 6.07) is 9.74. The number of nitrogens with zero attached hydrogens (tertiary/aromatic N) is 4. The van der Waals surface area contributed by atoms with Crippen LogP contribution in [-0.2, 0) is 17.9 Å². The minimum atomic E-state index is -0.526. The molecule has 8 nitrogen and oxygen atoms in total. The van der Waals surface area contributed by atoms with Crippen LogP contribution >= 0.6 is 0 Å². The van der Waals surface area contributed by atoms with Gasteiger partial charge in [-0.05, 0) is 18.4 Å². The molecule has 1 saturated carbocycles. The van der Waals surface area contributed by atoms with Crippen LogP contribution in [-0.4, -0.2) is 31.6 Å². The van der Waals surface area contributed by atoms with E-state index in [2.05, 4.69) is 10.3 Å². The van der Waals surface area contributed by atoms with Crippen molar-refractivity contribution in [2.45, 2.75) is 44.8 Å². The average molecular weight is 381 g/mol. The summed E-state index contributed by atoms with van der Waals surface area (Å²) in [7, 11) is 1.48. The van der Waals surface area contributed by atoms with E-state index in [1.165, 1.54) is 11.6 Å². The standard InChI is InChI=1S/C20H23N5O3/c1-21-16(26)12-24-19(27)17-18(22-13-25(17)15-9-5-6-10-15)23(20(24)28)11-14-7-3-2-4-8-14/h2-4,7-8,13,15H,5-6,9-12H2,1H3,(H,21,26). The van der Waals surface area contributed by atoms with Crippen LogP contribution in [0.2, 0.25) is 0 Å². The lowest BCUT2D eigenvalue weighted by Gasteiger charge is -2.15.